The topological polar surface area (TPSA) is 46.6 Å². The lowest BCUT2D eigenvalue weighted by Gasteiger charge is -2.37. The number of hydrogen-bond donors (Lipinski definition) is 0. The molecule has 0 bridgehead atoms. The molecular weight excluding hydrogens is 346 g/mol. The fraction of sp³-hybridized carbons (Fsp3) is 0.429. The molecule has 26 heavy (non-hydrogen) atoms. The van der Waals surface area contributed by atoms with Gasteiger partial charge in [-0.3, -0.25) is 0 Å². The van der Waals surface area contributed by atoms with Gasteiger partial charge in [-0.25, -0.2) is 8.42 Å². The van der Waals surface area contributed by atoms with Gasteiger partial charge in [0.1, 0.15) is 0 Å². The van der Waals surface area contributed by atoms with Crippen LogP contribution in [0.4, 0.5) is 0 Å². The van der Waals surface area contributed by atoms with E-state index in [9.17, 15) is 8.42 Å². The van der Waals surface area contributed by atoms with Crippen LogP contribution in [-0.2, 0) is 21.2 Å². The normalized spacial score (nSPS) is 21.6. The molecule has 4 nitrogen and oxygen atoms in total. The van der Waals surface area contributed by atoms with Gasteiger partial charge in [0.15, 0.2) is 0 Å². The zero-order valence-corrected chi connectivity index (χ0v) is 16.3. The van der Waals surface area contributed by atoms with Crippen LogP contribution >= 0.6 is 0 Å². The highest BCUT2D eigenvalue weighted by Crippen LogP contribution is 2.27. The molecule has 0 radical (unpaired) electrons. The van der Waals surface area contributed by atoms with Crippen molar-refractivity contribution in [3.8, 4) is 0 Å². The second-order valence-corrected chi connectivity index (χ2v) is 9.10. The molecule has 1 heterocycles. The molecule has 2 aromatic rings. The minimum Gasteiger partial charge on any atom is -0.370 e. The average Bonchev–Trinajstić information content (AvgIpc) is 2.63. The van der Waals surface area contributed by atoms with Crippen LogP contribution in [0.1, 0.15) is 36.1 Å². The summed E-state index contributed by atoms with van der Waals surface area (Å²) in [6.45, 7) is 4.77. The Morgan fingerprint density at radius 1 is 1.08 bits per heavy atom. The van der Waals surface area contributed by atoms with Gasteiger partial charge >= 0.3 is 0 Å². The zero-order valence-electron chi connectivity index (χ0n) is 15.5. The van der Waals surface area contributed by atoms with Gasteiger partial charge in [0.2, 0.25) is 10.0 Å². The summed E-state index contributed by atoms with van der Waals surface area (Å²) in [7, 11) is -3.30. The third kappa shape index (κ3) is 4.72. The molecule has 1 saturated heterocycles. The summed E-state index contributed by atoms with van der Waals surface area (Å²) in [4.78, 5) is 0. The van der Waals surface area contributed by atoms with Crippen LogP contribution in [-0.4, -0.2) is 37.7 Å². The van der Waals surface area contributed by atoms with Crippen molar-refractivity contribution in [1.82, 2.24) is 4.31 Å². The Morgan fingerprint density at radius 3 is 2.46 bits per heavy atom. The zero-order chi connectivity index (χ0) is 18.6. The van der Waals surface area contributed by atoms with Crippen molar-refractivity contribution in [2.75, 3.05) is 18.9 Å². The lowest BCUT2D eigenvalue weighted by Crippen LogP contribution is -2.49. The largest absolute Gasteiger partial charge is 0.370 e. The van der Waals surface area contributed by atoms with Crippen molar-refractivity contribution in [3.63, 3.8) is 0 Å². The number of ether oxygens (including phenoxy) is 1. The average molecular weight is 374 g/mol. The van der Waals surface area contributed by atoms with E-state index in [0.29, 0.717) is 19.6 Å². The van der Waals surface area contributed by atoms with E-state index in [-0.39, 0.29) is 17.9 Å². The molecule has 2 atom stereocenters. The minimum atomic E-state index is -3.30. The second kappa shape index (κ2) is 8.33. The van der Waals surface area contributed by atoms with Crippen LogP contribution in [0.15, 0.2) is 54.6 Å². The van der Waals surface area contributed by atoms with Crippen molar-refractivity contribution in [2.24, 2.45) is 0 Å². The van der Waals surface area contributed by atoms with E-state index in [1.807, 2.05) is 68.4 Å². The van der Waals surface area contributed by atoms with E-state index in [2.05, 4.69) is 0 Å². The molecule has 3 rings (SSSR count). The van der Waals surface area contributed by atoms with Crippen LogP contribution in [0.5, 0.6) is 0 Å². The number of benzene rings is 2. The van der Waals surface area contributed by atoms with Crippen LogP contribution in [0.2, 0.25) is 0 Å². The molecule has 0 aromatic heterocycles. The monoisotopic (exact) mass is 373 g/mol. The van der Waals surface area contributed by atoms with Crippen molar-refractivity contribution < 1.29 is 13.2 Å². The highest BCUT2D eigenvalue weighted by molar-refractivity contribution is 7.89. The maximum Gasteiger partial charge on any atom is 0.214 e. The summed E-state index contributed by atoms with van der Waals surface area (Å²) in [5, 5.41) is 0. The lowest BCUT2D eigenvalue weighted by atomic mass is 10.1. The third-order valence-corrected chi connectivity index (χ3v) is 6.92. The van der Waals surface area contributed by atoms with Gasteiger partial charge in [-0.2, -0.15) is 4.31 Å². The second-order valence-electron chi connectivity index (χ2n) is 7.06. The summed E-state index contributed by atoms with van der Waals surface area (Å²) < 4.78 is 33.3. The summed E-state index contributed by atoms with van der Waals surface area (Å²) in [5.41, 5.74) is 3.39. The Balaban J connectivity index is 1.64. The van der Waals surface area contributed by atoms with Crippen LogP contribution < -0.4 is 0 Å². The Hall–Kier alpha value is -1.69. The van der Waals surface area contributed by atoms with Crippen LogP contribution in [0.25, 0.3) is 0 Å². The molecule has 2 aromatic carbocycles. The molecule has 0 N–H and O–H groups in total. The predicted octanol–water partition coefficient (Wildman–Crippen LogP) is 3.72. The predicted molar refractivity (Wildman–Crippen MR) is 105 cm³/mol. The summed E-state index contributed by atoms with van der Waals surface area (Å²) >= 11 is 0. The fourth-order valence-corrected chi connectivity index (χ4v) is 5.04. The SMILES string of the molecule is Cc1ccc(C2CN(S(=O)(=O)CCCc3ccccc3)C(C)CO2)cc1. The van der Waals surface area contributed by atoms with Crippen molar-refractivity contribution in [3.05, 3.63) is 71.3 Å². The van der Waals surface area contributed by atoms with Gasteiger partial charge in [-0.1, -0.05) is 60.2 Å². The molecule has 0 saturated carbocycles. The maximum atomic E-state index is 12.9. The molecule has 1 fully saturated rings. The van der Waals surface area contributed by atoms with E-state index >= 15 is 0 Å². The Kier molecular flexibility index (Phi) is 6.12. The number of aryl methyl sites for hydroxylation is 2. The van der Waals surface area contributed by atoms with Gasteiger partial charge in [-0.15, -0.1) is 0 Å². The van der Waals surface area contributed by atoms with Crippen LogP contribution in [0.3, 0.4) is 0 Å². The molecule has 1 aliphatic heterocycles. The molecule has 2 unspecified atom stereocenters. The van der Waals surface area contributed by atoms with E-state index in [1.165, 1.54) is 11.1 Å². The van der Waals surface area contributed by atoms with Crippen molar-refractivity contribution in [2.45, 2.75) is 38.8 Å². The van der Waals surface area contributed by atoms with Crippen molar-refractivity contribution >= 4 is 10.0 Å². The molecule has 0 spiro atoms. The minimum absolute atomic E-state index is 0.126. The first-order chi connectivity index (χ1) is 12.5. The first-order valence-corrected chi connectivity index (χ1v) is 10.8. The lowest BCUT2D eigenvalue weighted by molar-refractivity contribution is -0.0288. The molecule has 1 aliphatic rings. The molecule has 5 heteroatoms. The molecule has 0 amide bonds. The quantitative estimate of drug-likeness (QED) is 0.775. The number of hydrogen-bond acceptors (Lipinski definition) is 3. The smallest absolute Gasteiger partial charge is 0.214 e. The van der Waals surface area contributed by atoms with E-state index < -0.39 is 10.0 Å². The van der Waals surface area contributed by atoms with E-state index in [0.717, 1.165) is 12.0 Å². The summed E-state index contributed by atoms with van der Waals surface area (Å²) in [5.74, 6) is 0.173. The Labute approximate surface area is 156 Å². The van der Waals surface area contributed by atoms with Gasteiger partial charge in [0, 0.05) is 12.6 Å². The Morgan fingerprint density at radius 2 is 1.77 bits per heavy atom. The molecule has 0 aliphatic carbocycles. The third-order valence-electron chi connectivity index (χ3n) is 4.89. The maximum absolute atomic E-state index is 12.9. The van der Waals surface area contributed by atoms with Crippen molar-refractivity contribution in [1.29, 1.82) is 0 Å². The fourth-order valence-electron chi connectivity index (χ4n) is 3.33. The number of sulfonamides is 1. The highest BCUT2D eigenvalue weighted by Gasteiger charge is 2.34. The Bertz CT molecular complexity index is 803. The first-order valence-electron chi connectivity index (χ1n) is 9.17. The number of morpholine rings is 1. The molecular formula is C21H27NO3S. The summed E-state index contributed by atoms with van der Waals surface area (Å²) in [6, 6.07) is 18.0. The van der Waals surface area contributed by atoms with E-state index in [1.54, 1.807) is 4.31 Å². The number of rotatable bonds is 6. The van der Waals surface area contributed by atoms with Gasteiger partial charge in [0.05, 0.1) is 18.5 Å². The first kappa shape index (κ1) is 19.1. The van der Waals surface area contributed by atoms with E-state index in [4.69, 9.17) is 4.74 Å². The van der Waals surface area contributed by atoms with Gasteiger partial charge in [-0.05, 0) is 37.8 Å². The van der Waals surface area contributed by atoms with Gasteiger partial charge < -0.3 is 4.74 Å². The molecule has 140 valence electrons. The highest BCUT2D eigenvalue weighted by atomic mass is 32.2. The van der Waals surface area contributed by atoms with Crippen LogP contribution in [0, 0.1) is 6.92 Å². The van der Waals surface area contributed by atoms with Gasteiger partial charge in [0.25, 0.3) is 0 Å². The number of nitrogens with zero attached hydrogens (tertiary/aromatic N) is 1. The standard InChI is InChI=1S/C21H27NO3S/c1-17-10-12-20(13-11-17)21-15-22(18(2)16-25-21)26(23,24)14-6-9-19-7-4-3-5-8-19/h3-5,7-8,10-13,18,21H,6,9,14-16H2,1-2H3. The summed E-state index contributed by atoms with van der Waals surface area (Å²) in [6.07, 6.45) is 1.21.